The molecule has 1 aromatic carbocycles. The number of nitrogens with zero attached hydrogens (tertiary/aromatic N) is 1. The molecule has 1 amide bonds. The summed E-state index contributed by atoms with van der Waals surface area (Å²) in [6.07, 6.45) is 3.22. The van der Waals surface area contributed by atoms with Crippen molar-refractivity contribution in [3.63, 3.8) is 0 Å². The van der Waals surface area contributed by atoms with Crippen LogP contribution in [0.5, 0.6) is 0 Å². The second-order valence-electron chi connectivity index (χ2n) is 6.07. The number of rotatable bonds is 6. The molecule has 118 valence electrons. The van der Waals surface area contributed by atoms with Crippen molar-refractivity contribution in [3.8, 4) is 0 Å². The predicted molar refractivity (Wildman–Crippen MR) is 89.1 cm³/mol. The molecule has 0 radical (unpaired) electrons. The Labute approximate surface area is 135 Å². The Morgan fingerprint density at radius 2 is 2.05 bits per heavy atom. The third kappa shape index (κ3) is 4.93. The predicted octanol–water partition coefficient (Wildman–Crippen LogP) is 3.34. The molecule has 0 saturated heterocycles. The van der Waals surface area contributed by atoms with Crippen LogP contribution in [0.4, 0.5) is 0 Å². The summed E-state index contributed by atoms with van der Waals surface area (Å²) in [6.45, 7) is 5.53. The van der Waals surface area contributed by atoms with Crippen LogP contribution >= 0.6 is 11.3 Å². The molecule has 0 unspecified atom stereocenters. The van der Waals surface area contributed by atoms with E-state index in [1.54, 1.807) is 20.0 Å². The van der Waals surface area contributed by atoms with Gasteiger partial charge in [0.1, 0.15) is 5.01 Å². The minimum atomic E-state index is -0.667. The Bertz CT molecular complexity index is 601. The van der Waals surface area contributed by atoms with Crippen LogP contribution in [0.1, 0.15) is 54.2 Å². The maximum atomic E-state index is 12.2. The first-order chi connectivity index (χ1) is 10.3. The third-order valence-corrected chi connectivity index (χ3v) is 4.37. The van der Waals surface area contributed by atoms with Crippen LogP contribution < -0.4 is 5.32 Å². The fourth-order valence-corrected chi connectivity index (χ4v) is 2.71. The molecule has 2 rings (SSSR count). The first-order valence-electron chi connectivity index (χ1n) is 7.37. The largest absolute Gasteiger partial charge is 0.390 e. The minimum absolute atomic E-state index is 0.0950. The smallest absolute Gasteiger partial charge is 0.251 e. The van der Waals surface area contributed by atoms with Gasteiger partial charge in [-0.3, -0.25) is 4.79 Å². The molecule has 1 heterocycles. The Morgan fingerprint density at radius 3 is 2.59 bits per heavy atom. The molecule has 0 spiro atoms. The molecule has 22 heavy (non-hydrogen) atoms. The van der Waals surface area contributed by atoms with Crippen molar-refractivity contribution in [2.45, 2.75) is 45.3 Å². The molecular formula is C17H22N2O2S. The quantitative estimate of drug-likeness (QED) is 0.858. The number of aliphatic hydroxyl groups is 1. The van der Waals surface area contributed by atoms with Crippen LogP contribution in [-0.2, 0) is 6.42 Å². The molecule has 0 bridgehead atoms. The number of aryl methyl sites for hydroxylation is 1. The summed E-state index contributed by atoms with van der Waals surface area (Å²) in [5.41, 5.74) is 1.08. The van der Waals surface area contributed by atoms with Gasteiger partial charge >= 0.3 is 0 Å². The van der Waals surface area contributed by atoms with Crippen molar-refractivity contribution >= 4 is 17.2 Å². The monoisotopic (exact) mass is 318 g/mol. The molecule has 2 aromatic rings. The van der Waals surface area contributed by atoms with Crippen molar-refractivity contribution in [2.75, 3.05) is 0 Å². The van der Waals surface area contributed by atoms with Crippen LogP contribution in [0.2, 0.25) is 0 Å². The van der Waals surface area contributed by atoms with E-state index in [2.05, 4.69) is 10.3 Å². The van der Waals surface area contributed by atoms with E-state index in [9.17, 15) is 9.90 Å². The number of hydrogen-bond acceptors (Lipinski definition) is 4. The first kappa shape index (κ1) is 16.6. The molecule has 0 saturated carbocycles. The summed E-state index contributed by atoms with van der Waals surface area (Å²) >= 11 is 1.53. The number of carbonyl (C=O) groups excluding carboxylic acids is 1. The van der Waals surface area contributed by atoms with E-state index in [0.717, 1.165) is 17.0 Å². The zero-order chi connectivity index (χ0) is 16.2. The number of thiazole rings is 1. The van der Waals surface area contributed by atoms with Gasteiger partial charge in [-0.1, -0.05) is 12.1 Å². The standard InChI is InChI=1S/C17H22N2O2S/c1-12(16-18-10-11-22-16)19-15(20)14-6-4-13(5-7-14)8-9-17(2,3)21/h4-7,10-12,21H,8-9H2,1-3H3,(H,19,20)/t12-/m0/s1. The van der Waals surface area contributed by atoms with Crippen LogP contribution in [0.25, 0.3) is 0 Å². The van der Waals surface area contributed by atoms with E-state index >= 15 is 0 Å². The van der Waals surface area contributed by atoms with Gasteiger partial charge in [0.2, 0.25) is 0 Å². The summed E-state index contributed by atoms with van der Waals surface area (Å²) in [7, 11) is 0. The second kappa shape index (κ2) is 7.03. The fourth-order valence-electron chi connectivity index (χ4n) is 2.06. The maximum Gasteiger partial charge on any atom is 0.251 e. The molecular weight excluding hydrogens is 296 g/mol. The van der Waals surface area contributed by atoms with Gasteiger partial charge in [0.25, 0.3) is 5.91 Å². The maximum absolute atomic E-state index is 12.2. The fraction of sp³-hybridized carbons (Fsp3) is 0.412. The first-order valence-corrected chi connectivity index (χ1v) is 8.25. The number of nitrogens with one attached hydrogen (secondary N) is 1. The van der Waals surface area contributed by atoms with E-state index in [0.29, 0.717) is 12.0 Å². The lowest BCUT2D eigenvalue weighted by atomic mass is 9.98. The van der Waals surface area contributed by atoms with Crippen molar-refractivity contribution in [3.05, 3.63) is 52.0 Å². The highest BCUT2D eigenvalue weighted by Crippen LogP contribution is 2.17. The molecule has 0 aliphatic heterocycles. The lowest BCUT2D eigenvalue weighted by Crippen LogP contribution is -2.26. The van der Waals surface area contributed by atoms with Gasteiger partial charge in [-0.2, -0.15) is 0 Å². The average Bonchev–Trinajstić information content (AvgIpc) is 2.99. The van der Waals surface area contributed by atoms with E-state index in [4.69, 9.17) is 0 Å². The van der Waals surface area contributed by atoms with Gasteiger partial charge in [0.05, 0.1) is 11.6 Å². The summed E-state index contributed by atoms with van der Waals surface area (Å²) in [4.78, 5) is 16.4. The number of carbonyl (C=O) groups is 1. The number of amides is 1. The summed E-state index contributed by atoms with van der Waals surface area (Å²) in [5, 5.41) is 15.5. The summed E-state index contributed by atoms with van der Waals surface area (Å²) in [5.74, 6) is -0.100. The Morgan fingerprint density at radius 1 is 1.36 bits per heavy atom. The molecule has 1 atom stereocenters. The normalized spacial score (nSPS) is 12.9. The molecule has 0 aliphatic carbocycles. The highest BCUT2D eigenvalue weighted by atomic mass is 32.1. The zero-order valence-corrected chi connectivity index (χ0v) is 14.0. The van der Waals surface area contributed by atoms with E-state index in [1.165, 1.54) is 11.3 Å². The van der Waals surface area contributed by atoms with Crippen molar-refractivity contribution in [2.24, 2.45) is 0 Å². The molecule has 0 fully saturated rings. The Hall–Kier alpha value is -1.72. The Balaban J connectivity index is 1.93. The van der Waals surface area contributed by atoms with Gasteiger partial charge in [-0.15, -0.1) is 11.3 Å². The number of hydrogen-bond donors (Lipinski definition) is 2. The summed E-state index contributed by atoms with van der Waals surface area (Å²) in [6, 6.07) is 7.43. The third-order valence-electron chi connectivity index (χ3n) is 3.41. The number of aromatic nitrogens is 1. The van der Waals surface area contributed by atoms with Crippen LogP contribution in [0.3, 0.4) is 0 Å². The van der Waals surface area contributed by atoms with Crippen molar-refractivity contribution in [1.82, 2.24) is 10.3 Å². The molecule has 2 N–H and O–H groups in total. The molecule has 0 aliphatic rings. The van der Waals surface area contributed by atoms with Gasteiger partial charge in [-0.25, -0.2) is 4.98 Å². The van der Waals surface area contributed by atoms with E-state index in [-0.39, 0.29) is 11.9 Å². The minimum Gasteiger partial charge on any atom is -0.390 e. The van der Waals surface area contributed by atoms with Crippen molar-refractivity contribution < 1.29 is 9.90 Å². The topological polar surface area (TPSA) is 62.2 Å². The lowest BCUT2D eigenvalue weighted by molar-refractivity contribution is 0.0713. The highest BCUT2D eigenvalue weighted by Gasteiger charge is 2.14. The SMILES string of the molecule is C[C@H](NC(=O)c1ccc(CCC(C)(C)O)cc1)c1nccs1. The van der Waals surface area contributed by atoms with Gasteiger partial charge in [-0.05, 0) is 51.3 Å². The zero-order valence-electron chi connectivity index (χ0n) is 13.2. The Kier molecular flexibility index (Phi) is 5.32. The van der Waals surface area contributed by atoms with Crippen molar-refractivity contribution in [1.29, 1.82) is 0 Å². The second-order valence-corrected chi connectivity index (χ2v) is 7.00. The molecule has 4 nitrogen and oxygen atoms in total. The molecule has 5 heteroatoms. The summed E-state index contributed by atoms with van der Waals surface area (Å²) < 4.78 is 0. The van der Waals surface area contributed by atoms with Gasteiger partial charge in [0, 0.05) is 17.1 Å². The van der Waals surface area contributed by atoms with Gasteiger partial charge in [0.15, 0.2) is 0 Å². The van der Waals surface area contributed by atoms with E-state index in [1.807, 2.05) is 36.6 Å². The highest BCUT2D eigenvalue weighted by molar-refractivity contribution is 7.09. The van der Waals surface area contributed by atoms with Crippen LogP contribution in [0.15, 0.2) is 35.8 Å². The van der Waals surface area contributed by atoms with Gasteiger partial charge < -0.3 is 10.4 Å². The van der Waals surface area contributed by atoms with Crippen LogP contribution in [-0.4, -0.2) is 21.6 Å². The molecule has 1 aromatic heterocycles. The average molecular weight is 318 g/mol. The lowest BCUT2D eigenvalue weighted by Gasteiger charge is -2.16. The number of benzene rings is 1. The van der Waals surface area contributed by atoms with Crippen LogP contribution in [0, 0.1) is 0 Å². The van der Waals surface area contributed by atoms with E-state index < -0.39 is 5.60 Å².